The van der Waals surface area contributed by atoms with E-state index in [9.17, 15) is 4.79 Å². The second kappa shape index (κ2) is 3.91. The average Bonchev–Trinajstić information content (AvgIpc) is 2.50. The second-order valence-electron chi connectivity index (χ2n) is 5.16. The van der Waals surface area contributed by atoms with Gasteiger partial charge in [0.05, 0.1) is 5.52 Å². The number of benzene rings is 1. The molecule has 17 heavy (non-hydrogen) atoms. The van der Waals surface area contributed by atoms with E-state index in [1.54, 1.807) is 4.57 Å². The minimum Gasteiger partial charge on any atom is -0.443 e. The number of carbonyl (C=O) groups is 1. The highest BCUT2D eigenvalue weighted by molar-refractivity contribution is 5.90. The number of ether oxygens (including phenoxy) is 1. The third-order valence-corrected chi connectivity index (χ3v) is 2.47. The Hall–Kier alpha value is -1.77. The lowest BCUT2D eigenvalue weighted by Gasteiger charge is -2.20. The zero-order valence-corrected chi connectivity index (χ0v) is 10.7. The quantitative estimate of drug-likeness (QED) is 0.691. The molecule has 0 atom stereocenters. The van der Waals surface area contributed by atoms with Crippen molar-refractivity contribution in [3.63, 3.8) is 0 Å². The van der Waals surface area contributed by atoms with Crippen molar-refractivity contribution in [1.29, 1.82) is 0 Å². The van der Waals surface area contributed by atoms with Gasteiger partial charge in [0.25, 0.3) is 0 Å². The standard InChI is InChI=1S/C14H17NO2/c1-10-9-11-7-5-6-8-12(11)15(10)13(16)17-14(2,3)4/h5-9H,1-4H3. The monoisotopic (exact) mass is 231 g/mol. The Kier molecular flexibility index (Phi) is 2.69. The SMILES string of the molecule is Cc1cc2ccccc2n1C(=O)OC(C)(C)C. The topological polar surface area (TPSA) is 31.2 Å². The zero-order valence-electron chi connectivity index (χ0n) is 10.7. The summed E-state index contributed by atoms with van der Waals surface area (Å²) in [5.74, 6) is 0. The van der Waals surface area contributed by atoms with Crippen LogP contribution in [-0.2, 0) is 4.74 Å². The maximum absolute atomic E-state index is 12.1. The normalized spacial score (nSPS) is 11.8. The number of para-hydroxylation sites is 1. The number of nitrogens with zero attached hydrogens (tertiary/aromatic N) is 1. The summed E-state index contributed by atoms with van der Waals surface area (Å²) in [6, 6.07) is 9.78. The Bertz CT molecular complexity index is 561. The van der Waals surface area contributed by atoms with Crippen LogP contribution in [-0.4, -0.2) is 16.3 Å². The van der Waals surface area contributed by atoms with Gasteiger partial charge in [0, 0.05) is 11.1 Å². The molecule has 0 spiro atoms. The van der Waals surface area contributed by atoms with Gasteiger partial charge in [0.1, 0.15) is 5.60 Å². The van der Waals surface area contributed by atoms with Crippen LogP contribution in [0.1, 0.15) is 26.5 Å². The van der Waals surface area contributed by atoms with Gasteiger partial charge in [0.15, 0.2) is 0 Å². The average molecular weight is 231 g/mol. The van der Waals surface area contributed by atoms with E-state index in [-0.39, 0.29) is 6.09 Å². The molecule has 2 rings (SSSR count). The van der Waals surface area contributed by atoms with Crippen LogP contribution < -0.4 is 0 Å². The summed E-state index contributed by atoms with van der Waals surface area (Å²) in [5.41, 5.74) is 1.30. The summed E-state index contributed by atoms with van der Waals surface area (Å²) < 4.78 is 7.01. The van der Waals surface area contributed by atoms with Gasteiger partial charge in [-0.05, 0) is 39.8 Å². The molecule has 0 saturated heterocycles. The van der Waals surface area contributed by atoms with Crippen molar-refractivity contribution in [3.05, 3.63) is 36.0 Å². The van der Waals surface area contributed by atoms with E-state index in [0.717, 1.165) is 16.6 Å². The molecule has 0 aliphatic rings. The van der Waals surface area contributed by atoms with Crippen LogP contribution in [0.15, 0.2) is 30.3 Å². The Morgan fingerprint density at radius 3 is 2.53 bits per heavy atom. The summed E-state index contributed by atoms with van der Waals surface area (Å²) in [5, 5.41) is 1.05. The zero-order chi connectivity index (χ0) is 12.6. The van der Waals surface area contributed by atoms with Gasteiger partial charge in [-0.15, -0.1) is 0 Å². The molecule has 0 saturated carbocycles. The molecule has 0 N–H and O–H groups in total. The van der Waals surface area contributed by atoms with Crippen LogP contribution in [0, 0.1) is 6.92 Å². The Morgan fingerprint density at radius 1 is 1.24 bits per heavy atom. The van der Waals surface area contributed by atoms with Gasteiger partial charge >= 0.3 is 6.09 Å². The number of rotatable bonds is 0. The van der Waals surface area contributed by atoms with Crippen molar-refractivity contribution in [2.24, 2.45) is 0 Å². The van der Waals surface area contributed by atoms with Crippen molar-refractivity contribution >= 4 is 17.0 Å². The van der Waals surface area contributed by atoms with Crippen LogP contribution in [0.2, 0.25) is 0 Å². The second-order valence-corrected chi connectivity index (χ2v) is 5.16. The highest BCUT2D eigenvalue weighted by Crippen LogP contribution is 2.20. The number of fused-ring (bicyclic) bond motifs is 1. The van der Waals surface area contributed by atoms with Crippen LogP contribution in [0.4, 0.5) is 4.79 Å². The summed E-state index contributed by atoms with van der Waals surface area (Å²) in [7, 11) is 0. The van der Waals surface area contributed by atoms with Gasteiger partial charge in [-0.2, -0.15) is 0 Å². The third kappa shape index (κ3) is 2.33. The predicted molar refractivity (Wildman–Crippen MR) is 68.3 cm³/mol. The largest absolute Gasteiger partial charge is 0.443 e. The molecule has 1 heterocycles. The van der Waals surface area contributed by atoms with Crippen molar-refractivity contribution in [2.75, 3.05) is 0 Å². The molecule has 0 amide bonds. The van der Waals surface area contributed by atoms with Crippen molar-refractivity contribution < 1.29 is 9.53 Å². The Labute approximate surface area is 101 Å². The maximum Gasteiger partial charge on any atom is 0.419 e. The highest BCUT2D eigenvalue weighted by Gasteiger charge is 2.20. The molecule has 2 aromatic rings. The number of hydrogen-bond donors (Lipinski definition) is 0. The predicted octanol–water partition coefficient (Wildman–Crippen LogP) is 3.73. The highest BCUT2D eigenvalue weighted by atomic mass is 16.6. The van der Waals surface area contributed by atoms with E-state index >= 15 is 0 Å². The van der Waals surface area contributed by atoms with E-state index < -0.39 is 5.60 Å². The van der Waals surface area contributed by atoms with Gasteiger partial charge < -0.3 is 4.74 Å². The van der Waals surface area contributed by atoms with Crippen LogP contribution in [0.3, 0.4) is 0 Å². The summed E-state index contributed by atoms with van der Waals surface area (Å²) in [6.45, 7) is 7.51. The number of aromatic nitrogens is 1. The summed E-state index contributed by atoms with van der Waals surface area (Å²) in [4.78, 5) is 12.1. The minimum absolute atomic E-state index is 0.323. The molecule has 0 radical (unpaired) electrons. The smallest absolute Gasteiger partial charge is 0.419 e. The lowest BCUT2D eigenvalue weighted by Crippen LogP contribution is -2.27. The fourth-order valence-electron chi connectivity index (χ4n) is 1.84. The van der Waals surface area contributed by atoms with E-state index in [4.69, 9.17) is 4.74 Å². The van der Waals surface area contributed by atoms with Crippen LogP contribution in [0.25, 0.3) is 10.9 Å². The Morgan fingerprint density at radius 2 is 1.88 bits per heavy atom. The van der Waals surface area contributed by atoms with Gasteiger partial charge in [0.2, 0.25) is 0 Å². The number of hydrogen-bond acceptors (Lipinski definition) is 2. The van der Waals surface area contributed by atoms with Crippen molar-refractivity contribution in [1.82, 2.24) is 4.57 Å². The van der Waals surface area contributed by atoms with Crippen LogP contribution >= 0.6 is 0 Å². The maximum atomic E-state index is 12.1. The summed E-state index contributed by atoms with van der Waals surface area (Å²) >= 11 is 0. The van der Waals surface area contributed by atoms with E-state index in [1.807, 2.05) is 58.0 Å². The molecule has 0 unspecified atom stereocenters. The first-order valence-corrected chi connectivity index (χ1v) is 5.69. The molecule has 90 valence electrons. The lowest BCUT2D eigenvalue weighted by atomic mass is 10.2. The molecular weight excluding hydrogens is 214 g/mol. The lowest BCUT2D eigenvalue weighted by molar-refractivity contribution is 0.0542. The first-order chi connectivity index (χ1) is 7.88. The van der Waals surface area contributed by atoms with E-state index in [1.165, 1.54) is 0 Å². The molecule has 0 aliphatic heterocycles. The van der Waals surface area contributed by atoms with E-state index in [0.29, 0.717) is 0 Å². The number of aryl methyl sites for hydroxylation is 1. The molecule has 3 heteroatoms. The molecule has 0 fully saturated rings. The first-order valence-electron chi connectivity index (χ1n) is 5.69. The molecule has 1 aromatic heterocycles. The molecule has 3 nitrogen and oxygen atoms in total. The van der Waals surface area contributed by atoms with Crippen molar-refractivity contribution in [2.45, 2.75) is 33.3 Å². The van der Waals surface area contributed by atoms with Crippen molar-refractivity contribution in [3.8, 4) is 0 Å². The van der Waals surface area contributed by atoms with Crippen LogP contribution in [0.5, 0.6) is 0 Å². The molecule has 1 aromatic carbocycles. The van der Waals surface area contributed by atoms with Gasteiger partial charge in [-0.1, -0.05) is 18.2 Å². The summed E-state index contributed by atoms with van der Waals surface area (Å²) in [6.07, 6.45) is -0.323. The van der Waals surface area contributed by atoms with E-state index in [2.05, 4.69) is 0 Å². The van der Waals surface area contributed by atoms with Gasteiger partial charge in [-0.3, -0.25) is 0 Å². The molecule has 0 bridgehead atoms. The number of carbonyl (C=O) groups excluding carboxylic acids is 1. The minimum atomic E-state index is -0.477. The third-order valence-electron chi connectivity index (χ3n) is 2.47. The fraction of sp³-hybridized carbons (Fsp3) is 0.357. The van der Waals surface area contributed by atoms with Gasteiger partial charge in [-0.25, -0.2) is 9.36 Å². The first kappa shape index (κ1) is 11.7. The fourth-order valence-corrected chi connectivity index (χ4v) is 1.84. The molecular formula is C14H17NO2. The molecule has 0 aliphatic carbocycles. The Balaban J connectivity index is 2.48.